The van der Waals surface area contributed by atoms with Crippen LogP contribution in [0.3, 0.4) is 0 Å². The third kappa shape index (κ3) is 2.35. The first-order valence-electron chi connectivity index (χ1n) is 6.60. The van der Waals surface area contributed by atoms with Gasteiger partial charge < -0.3 is 9.67 Å². The lowest BCUT2D eigenvalue weighted by Gasteiger charge is -2.24. The number of nitrogens with zero attached hydrogens (tertiary/aromatic N) is 2. The first-order valence-corrected chi connectivity index (χ1v) is 6.60. The Balaban J connectivity index is 2.81. The zero-order chi connectivity index (χ0) is 14.2. The number of aryl methyl sites for hydroxylation is 1. The molecule has 0 saturated carbocycles. The SMILES string of the molecule is CCCc1nc2c(C(=O)O)cccc2n1C(C)(C)C. The van der Waals surface area contributed by atoms with Gasteiger partial charge in [-0.05, 0) is 39.3 Å². The number of aromatic carboxylic acids is 1. The molecule has 0 radical (unpaired) electrons. The predicted molar refractivity (Wildman–Crippen MR) is 75.7 cm³/mol. The monoisotopic (exact) mass is 260 g/mol. The number of hydrogen-bond donors (Lipinski definition) is 1. The second kappa shape index (κ2) is 4.68. The number of imidazole rings is 1. The third-order valence-corrected chi connectivity index (χ3v) is 3.13. The van der Waals surface area contributed by atoms with Gasteiger partial charge in [0.25, 0.3) is 0 Å². The molecule has 0 spiro atoms. The van der Waals surface area contributed by atoms with Gasteiger partial charge >= 0.3 is 5.97 Å². The summed E-state index contributed by atoms with van der Waals surface area (Å²) in [6.07, 6.45) is 1.84. The molecule has 1 heterocycles. The fourth-order valence-corrected chi connectivity index (χ4v) is 2.46. The number of carbonyl (C=O) groups is 1. The Bertz CT molecular complexity index is 621. The summed E-state index contributed by atoms with van der Waals surface area (Å²) in [5, 5.41) is 9.27. The minimum absolute atomic E-state index is 0.115. The molecule has 4 heteroatoms. The van der Waals surface area contributed by atoms with Gasteiger partial charge in [-0.25, -0.2) is 9.78 Å². The van der Waals surface area contributed by atoms with E-state index >= 15 is 0 Å². The summed E-state index contributed by atoms with van der Waals surface area (Å²) >= 11 is 0. The van der Waals surface area contributed by atoms with Crippen molar-refractivity contribution in [3.8, 4) is 0 Å². The second-order valence-electron chi connectivity index (χ2n) is 5.76. The van der Waals surface area contributed by atoms with Crippen molar-refractivity contribution in [1.29, 1.82) is 0 Å². The van der Waals surface area contributed by atoms with Crippen LogP contribution < -0.4 is 0 Å². The van der Waals surface area contributed by atoms with Crippen molar-refractivity contribution in [2.75, 3.05) is 0 Å². The lowest BCUT2D eigenvalue weighted by molar-refractivity contribution is 0.0699. The average Bonchev–Trinajstić information content (AvgIpc) is 2.66. The number of benzene rings is 1. The van der Waals surface area contributed by atoms with Gasteiger partial charge in [0, 0.05) is 12.0 Å². The van der Waals surface area contributed by atoms with Crippen LogP contribution in [-0.4, -0.2) is 20.6 Å². The topological polar surface area (TPSA) is 55.1 Å². The van der Waals surface area contributed by atoms with Crippen LogP contribution in [0.15, 0.2) is 18.2 Å². The Kier molecular flexibility index (Phi) is 3.35. The maximum atomic E-state index is 11.3. The molecule has 1 N–H and O–H groups in total. The van der Waals surface area contributed by atoms with E-state index in [1.807, 2.05) is 6.07 Å². The van der Waals surface area contributed by atoms with E-state index in [1.165, 1.54) is 0 Å². The smallest absolute Gasteiger partial charge is 0.337 e. The number of fused-ring (bicyclic) bond motifs is 1. The normalized spacial score (nSPS) is 12.0. The summed E-state index contributed by atoms with van der Waals surface area (Å²) < 4.78 is 2.15. The number of hydrogen-bond acceptors (Lipinski definition) is 2. The van der Waals surface area contributed by atoms with Crippen LogP contribution in [-0.2, 0) is 12.0 Å². The highest BCUT2D eigenvalue weighted by Gasteiger charge is 2.23. The summed E-state index contributed by atoms with van der Waals surface area (Å²) in [6.45, 7) is 8.44. The van der Waals surface area contributed by atoms with E-state index in [2.05, 4.69) is 37.2 Å². The van der Waals surface area contributed by atoms with Gasteiger partial charge in [0.05, 0.1) is 11.1 Å². The van der Waals surface area contributed by atoms with Crippen molar-refractivity contribution in [1.82, 2.24) is 9.55 Å². The molecule has 0 atom stereocenters. The summed E-state index contributed by atoms with van der Waals surface area (Å²) in [5.41, 5.74) is 1.65. The number of carboxylic acids is 1. The highest BCUT2D eigenvalue weighted by Crippen LogP contribution is 2.27. The quantitative estimate of drug-likeness (QED) is 0.919. The molecule has 0 amide bonds. The van der Waals surface area contributed by atoms with Crippen molar-refractivity contribution in [3.63, 3.8) is 0 Å². The number of aromatic nitrogens is 2. The molecule has 0 saturated heterocycles. The lowest BCUT2D eigenvalue weighted by Crippen LogP contribution is -2.24. The Hall–Kier alpha value is -1.84. The van der Waals surface area contributed by atoms with Crippen molar-refractivity contribution in [2.24, 2.45) is 0 Å². The van der Waals surface area contributed by atoms with Crippen LogP contribution in [0.5, 0.6) is 0 Å². The molecule has 0 aliphatic carbocycles. The van der Waals surface area contributed by atoms with Gasteiger partial charge in [0.15, 0.2) is 0 Å². The number of carboxylic acid groups (broad SMARTS) is 1. The van der Waals surface area contributed by atoms with Crippen LogP contribution in [0, 0.1) is 0 Å². The molecule has 0 bridgehead atoms. The van der Waals surface area contributed by atoms with Crippen LogP contribution in [0.1, 0.15) is 50.3 Å². The first-order chi connectivity index (χ1) is 8.86. The van der Waals surface area contributed by atoms with E-state index in [0.29, 0.717) is 5.52 Å². The van der Waals surface area contributed by atoms with Crippen molar-refractivity contribution in [2.45, 2.75) is 46.1 Å². The Morgan fingerprint density at radius 3 is 2.58 bits per heavy atom. The Labute approximate surface area is 113 Å². The van der Waals surface area contributed by atoms with E-state index in [9.17, 15) is 9.90 Å². The van der Waals surface area contributed by atoms with Gasteiger partial charge in [-0.1, -0.05) is 13.0 Å². The highest BCUT2D eigenvalue weighted by molar-refractivity contribution is 6.01. The number of para-hydroxylation sites is 1. The molecular weight excluding hydrogens is 240 g/mol. The van der Waals surface area contributed by atoms with Gasteiger partial charge in [-0.2, -0.15) is 0 Å². The average molecular weight is 260 g/mol. The van der Waals surface area contributed by atoms with Gasteiger partial charge in [-0.3, -0.25) is 0 Å². The van der Waals surface area contributed by atoms with Gasteiger partial charge in [0.2, 0.25) is 0 Å². The van der Waals surface area contributed by atoms with Gasteiger partial charge in [-0.15, -0.1) is 0 Å². The second-order valence-corrected chi connectivity index (χ2v) is 5.76. The molecule has 2 aromatic rings. The molecule has 2 rings (SSSR count). The molecule has 102 valence electrons. The van der Waals surface area contributed by atoms with Crippen LogP contribution in [0.25, 0.3) is 11.0 Å². The molecular formula is C15H20N2O2. The first kappa shape index (κ1) is 13.6. The molecule has 0 aliphatic heterocycles. The maximum absolute atomic E-state index is 11.3. The Morgan fingerprint density at radius 2 is 2.05 bits per heavy atom. The van der Waals surface area contributed by atoms with E-state index in [-0.39, 0.29) is 11.1 Å². The van der Waals surface area contributed by atoms with E-state index in [1.54, 1.807) is 12.1 Å². The summed E-state index contributed by atoms with van der Waals surface area (Å²) in [5.74, 6) is 0.0332. The van der Waals surface area contributed by atoms with Crippen molar-refractivity contribution >= 4 is 17.0 Å². The van der Waals surface area contributed by atoms with Crippen molar-refractivity contribution in [3.05, 3.63) is 29.6 Å². The largest absolute Gasteiger partial charge is 0.478 e. The fraction of sp³-hybridized carbons (Fsp3) is 0.467. The summed E-state index contributed by atoms with van der Waals surface area (Å²) in [6, 6.07) is 5.34. The van der Waals surface area contributed by atoms with Crippen LogP contribution in [0.2, 0.25) is 0 Å². The summed E-state index contributed by atoms with van der Waals surface area (Å²) in [7, 11) is 0. The fourth-order valence-electron chi connectivity index (χ4n) is 2.46. The highest BCUT2D eigenvalue weighted by atomic mass is 16.4. The van der Waals surface area contributed by atoms with E-state index in [4.69, 9.17) is 0 Å². The van der Waals surface area contributed by atoms with E-state index in [0.717, 1.165) is 24.2 Å². The minimum atomic E-state index is -0.924. The summed E-state index contributed by atoms with van der Waals surface area (Å²) in [4.78, 5) is 15.9. The van der Waals surface area contributed by atoms with Gasteiger partial charge in [0.1, 0.15) is 11.3 Å². The van der Waals surface area contributed by atoms with E-state index < -0.39 is 5.97 Å². The predicted octanol–water partition coefficient (Wildman–Crippen LogP) is 3.44. The van der Waals surface area contributed by atoms with Crippen LogP contribution >= 0.6 is 0 Å². The maximum Gasteiger partial charge on any atom is 0.337 e. The standard InChI is InChI=1S/C15H20N2O2/c1-5-7-12-16-13-10(14(18)19)8-6-9-11(13)17(12)15(2,3)4/h6,8-9H,5,7H2,1-4H3,(H,18,19). The zero-order valence-electron chi connectivity index (χ0n) is 11.9. The van der Waals surface area contributed by atoms with Crippen LogP contribution in [0.4, 0.5) is 0 Å². The molecule has 1 aromatic carbocycles. The number of rotatable bonds is 3. The molecule has 19 heavy (non-hydrogen) atoms. The minimum Gasteiger partial charge on any atom is -0.478 e. The zero-order valence-corrected chi connectivity index (χ0v) is 11.9. The third-order valence-electron chi connectivity index (χ3n) is 3.13. The van der Waals surface area contributed by atoms with Crippen molar-refractivity contribution < 1.29 is 9.90 Å². The molecule has 0 fully saturated rings. The molecule has 4 nitrogen and oxygen atoms in total. The lowest BCUT2D eigenvalue weighted by atomic mass is 10.1. The Morgan fingerprint density at radius 1 is 1.37 bits per heavy atom. The molecule has 0 unspecified atom stereocenters. The molecule has 0 aliphatic rings. The molecule has 1 aromatic heterocycles.